The molecule has 2 rings (SSSR count). The monoisotopic (exact) mass is 257 g/mol. The van der Waals surface area contributed by atoms with Gasteiger partial charge >= 0.3 is 0 Å². The molecule has 94 valence electrons. The Morgan fingerprint density at radius 2 is 2.24 bits per heavy atom. The van der Waals surface area contributed by atoms with Crippen molar-refractivity contribution in [3.63, 3.8) is 0 Å². The Balaban J connectivity index is 2.13. The zero-order valence-electron chi connectivity index (χ0n) is 9.86. The van der Waals surface area contributed by atoms with Gasteiger partial charge in [0.15, 0.2) is 0 Å². The Kier molecular flexibility index (Phi) is 4.15. The summed E-state index contributed by atoms with van der Waals surface area (Å²) >= 11 is 5.61. The van der Waals surface area contributed by atoms with E-state index in [2.05, 4.69) is 21.5 Å². The van der Waals surface area contributed by atoms with Crippen LogP contribution in [-0.2, 0) is 9.47 Å². The van der Waals surface area contributed by atoms with Crippen LogP contribution in [0.3, 0.4) is 0 Å². The summed E-state index contributed by atoms with van der Waals surface area (Å²) in [6, 6.07) is 0.267. The first kappa shape index (κ1) is 12.5. The van der Waals surface area contributed by atoms with Gasteiger partial charge in [-0.05, 0) is 6.92 Å². The van der Waals surface area contributed by atoms with Gasteiger partial charge in [0.2, 0.25) is 0 Å². The fraction of sp³-hybridized carbons (Fsp3) is 0.636. The van der Waals surface area contributed by atoms with Crippen LogP contribution < -0.4 is 0 Å². The quantitative estimate of drug-likeness (QED) is 0.403. The number of nitrogens with zero attached hydrogens (tertiary/aromatic N) is 3. The second-order valence-electron chi connectivity index (χ2n) is 4.00. The van der Waals surface area contributed by atoms with Gasteiger partial charge in [0, 0.05) is 6.54 Å². The fourth-order valence-electron chi connectivity index (χ4n) is 1.99. The average Bonchev–Trinajstić information content (AvgIpc) is 2.28. The van der Waals surface area contributed by atoms with Crippen LogP contribution in [0.15, 0.2) is 21.7 Å². The van der Waals surface area contributed by atoms with Crippen molar-refractivity contribution < 1.29 is 9.47 Å². The third kappa shape index (κ3) is 3.28. The Morgan fingerprint density at radius 1 is 1.47 bits per heavy atom. The van der Waals surface area contributed by atoms with Gasteiger partial charge in [-0.1, -0.05) is 18.2 Å². The van der Waals surface area contributed by atoms with Crippen molar-refractivity contribution in [1.82, 2.24) is 4.90 Å². The van der Waals surface area contributed by atoms with Crippen LogP contribution in [0.4, 0.5) is 0 Å². The molecule has 2 saturated heterocycles. The van der Waals surface area contributed by atoms with E-state index in [4.69, 9.17) is 21.1 Å². The SMILES string of the molecule is C=C(Cl)/N=C(/C)N=C1COCC2COCCN12. The molecule has 0 N–H and O–H groups in total. The van der Waals surface area contributed by atoms with Crippen LogP contribution in [0, 0.1) is 0 Å². The lowest BCUT2D eigenvalue weighted by Gasteiger charge is -2.40. The molecule has 17 heavy (non-hydrogen) atoms. The molecule has 0 radical (unpaired) electrons. The Bertz CT molecular complexity index is 366. The first-order chi connectivity index (χ1) is 8.16. The maximum atomic E-state index is 5.61. The van der Waals surface area contributed by atoms with Gasteiger partial charge in [0.25, 0.3) is 0 Å². The third-order valence-corrected chi connectivity index (χ3v) is 2.76. The van der Waals surface area contributed by atoms with Crippen LogP contribution in [0.1, 0.15) is 6.92 Å². The van der Waals surface area contributed by atoms with Crippen molar-refractivity contribution in [1.29, 1.82) is 0 Å². The number of rotatable bonds is 1. The summed E-state index contributed by atoms with van der Waals surface area (Å²) in [6.45, 7) is 8.78. The van der Waals surface area contributed by atoms with Gasteiger partial charge in [-0.25, -0.2) is 9.98 Å². The van der Waals surface area contributed by atoms with Crippen molar-refractivity contribution in [3.05, 3.63) is 11.7 Å². The highest BCUT2D eigenvalue weighted by molar-refractivity contribution is 6.29. The second kappa shape index (κ2) is 5.62. The number of amidine groups is 2. The molecule has 0 spiro atoms. The van der Waals surface area contributed by atoms with E-state index in [1.54, 1.807) is 6.92 Å². The summed E-state index contributed by atoms with van der Waals surface area (Å²) < 4.78 is 10.9. The van der Waals surface area contributed by atoms with Crippen LogP contribution in [0.25, 0.3) is 0 Å². The molecule has 0 amide bonds. The summed E-state index contributed by atoms with van der Waals surface area (Å²) in [5, 5.41) is 0.238. The molecule has 2 fully saturated rings. The Hall–Kier alpha value is -0.910. The minimum absolute atomic E-state index is 0.238. The summed E-state index contributed by atoms with van der Waals surface area (Å²) in [4.78, 5) is 10.6. The van der Waals surface area contributed by atoms with E-state index in [1.807, 2.05) is 0 Å². The number of hydrogen-bond donors (Lipinski definition) is 0. The highest BCUT2D eigenvalue weighted by Crippen LogP contribution is 2.14. The molecule has 0 saturated carbocycles. The van der Waals surface area contributed by atoms with Gasteiger partial charge in [0.05, 0.1) is 25.9 Å². The zero-order chi connectivity index (χ0) is 12.3. The minimum Gasteiger partial charge on any atom is -0.377 e. The van der Waals surface area contributed by atoms with E-state index < -0.39 is 0 Å². The number of morpholine rings is 2. The van der Waals surface area contributed by atoms with Crippen LogP contribution in [0.2, 0.25) is 0 Å². The first-order valence-electron chi connectivity index (χ1n) is 5.56. The van der Waals surface area contributed by atoms with Gasteiger partial charge < -0.3 is 14.4 Å². The summed E-state index contributed by atoms with van der Waals surface area (Å²) in [5.41, 5.74) is 0. The number of aliphatic imine (C=N–C) groups is 2. The molecule has 6 heteroatoms. The van der Waals surface area contributed by atoms with Gasteiger partial charge in [0.1, 0.15) is 23.4 Å². The molecular formula is C11H16ClN3O2. The molecule has 2 heterocycles. The lowest BCUT2D eigenvalue weighted by atomic mass is 10.2. The van der Waals surface area contributed by atoms with Crippen LogP contribution in [0.5, 0.6) is 0 Å². The smallest absolute Gasteiger partial charge is 0.133 e. The van der Waals surface area contributed by atoms with Crippen molar-refractivity contribution in [3.8, 4) is 0 Å². The van der Waals surface area contributed by atoms with Crippen LogP contribution >= 0.6 is 11.6 Å². The van der Waals surface area contributed by atoms with Gasteiger partial charge in [-0.3, -0.25) is 0 Å². The molecule has 1 unspecified atom stereocenters. The van der Waals surface area contributed by atoms with Crippen molar-refractivity contribution in [2.45, 2.75) is 13.0 Å². The maximum absolute atomic E-state index is 5.61. The molecule has 0 aromatic rings. The van der Waals surface area contributed by atoms with E-state index in [0.29, 0.717) is 25.7 Å². The topological polar surface area (TPSA) is 46.4 Å². The lowest BCUT2D eigenvalue weighted by molar-refractivity contribution is -0.0301. The summed E-state index contributed by atoms with van der Waals surface area (Å²) in [7, 11) is 0. The molecule has 5 nitrogen and oxygen atoms in total. The van der Waals surface area contributed by atoms with E-state index in [0.717, 1.165) is 19.0 Å². The minimum atomic E-state index is 0.238. The molecule has 2 aliphatic heterocycles. The maximum Gasteiger partial charge on any atom is 0.133 e. The Labute approximate surface area is 106 Å². The fourth-order valence-corrected chi connectivity index (χ4v) is 2.11. The number of ether oxygens (including phenoxy) is 2. The van der Waals surface area contributed by atoms with Crippen molar-refractivity contribution >= 4 is 23.3 Å². The van der Waals surface area contributed by atoms with Crippen molar-refractivity contribution in [2.24, 2.45) is 9.98 Å². The number of hydrogen-bond acceptors (Lipinski definition) is 3. The average molecular weight is 258 g/mol. The van der Waals surface area contributed by atoms with E-state index in [-0.39, 0.29) is 11.2 Å². The standard InChI is InChI=1S/C11H16ClN3O2/c1-8(12)13-9(2)14-11-7-17-6-10-5-16-4-3-15(10)11/h10H,1,3-7H2,2H3/b13-9-,14-11?. The van der Waals surface area contributed by atoms with E-state index >= 15 is 0 Å². The highest BCUT2D eigenvalue weighted by Gasteiger charge is 2.29. The normalized spacial score (nSPS) is 28.1. The molecule has 1 atom stereocenters. The van der Waals surface area contributed by atoms with E-state index in [1.165, 1.54) is 0 Å². The van der Waals surface area contributed by atoms with Gasteiger partial charge in [-0.2, -0.15) is 0 Å². The summed E-state index contributed by atoms with van der Waals surface area (Å²) in [6.07, 6.45) is 0. The van der Waals surface area contributed by atoms with Gasteiger partial charge in [-0.15, -0.1) is 0 Å². The number of fused-ring (bicyclic) bond motifs is 1. The Morgan fingerprint density at radius 3 is 3.00 bits per heavy atom. The van der Waals surface area contributed by atoms with Crippen molar-refractivity contribution in [2.75, 3.05) is 33.0 Å². The van der Waals surface area contributed by atoms with Crippen LogP contribution in [-0.4, -0.2) is 55.6 Å². The molecule has 0 aromatic heterocycles. The van der Waals surface area contributed by atoms with E-state index in [9.17, 15) is 0 Å². The third-order valence-electron chi connectivity index (χ3n) is 2.67. The molecule has 0 bridgehead atoms. The molecule has 0 aliphatic carbocycles. The molecule has 0 aromatic carbocycles. The lowest BCUT2D eigenvalue weighted by Crippen LogP contribution is -2.55. The largest absolute Gasteiger partial charge is 0.377 e. The predicted octanol–water partition coefficient (Wildman–Crippen LogP) is 1.24. The second-order valence-corrected chi connectivity index (χ2v) is 4.44. The first-order valence-corrected chi connectivity index (χ1v) is 5.94. The zero-order valence-corrected chi connectivity index (χ0v) is 10.6. The molecule has 2 aliphatic rings. The number of halogens is 1. The predicted molar refractivity (Wildman–Crippen MR) is 67.7 cm³/mol. The molecular weight excluding hydrogens is 242 g/mol. The summed E-state index contributed by atoms with van der Waals surface area (Å²) in [5.74, 6) is 1.49. The highest BCUT2D eigenvalue weighted by atomic mass is 35.5.